The summed E-state index contributed by atoms with van der Waals surface area (Å²) in [7, 11) is -3.95. The number of fused-ring (bicyclic) bond motifs is 2. The van der Waals surface area contributed by atoms with Crippen LogP contribution >= 0.6 is 0 Å². The fourth-order valence-electron chi connectivity index (χ4n) is 4.36. The van der Waals surface area contributed by atoms with Crippen molar-refractivity contribution in [2.24, 2.45) is 5.41 Å². The summed E-state index contributed by atoms with van der Waals surface area (Å²) in [6.07, 6.45) is 0.222. The van der Waals surface area contributed by atoms with E-state index in [2.05, 4.69) is 10.8 Å². The van der Waals surface area contributed by atoms with Gasteiger partial charge in [0.1, 0.15) is 6.67 Å². The van der Waals surface area contributed by atoms with Gasteiger partial charge in [0.2, 0.25) is 10.0 Å². The van der Waals surface area contributed by atoms with E-state index in [1.807, 2.05) is 76.2 Å². The largest absolute Gasteiger partial charge is 0.249 e. The summed E-state index contributed by atoms with van der Waals surface area (Å²) >= 11 is 0. The summed E-state index contributed by atoms with van der Waals surface area (Å²) < 4.78 is 44.7. The Balaban J connectivity index is 1.90. The van der Waals surface area contributed by atoms with Crippen molar-refractivity contribution < 1.29 is 12.8 Å². The molecule has 0 spiro atoms. The van der Waals surface area contributed by atoms with E-state index in [9.17, 15) is 8.42 Å². The first-order valence-corrected chi connectivity index (χ1v) is 12.6. The Hall–Kier alpha value is -2.76. The first kappa shape index (κ1) is 23.4. The zero-order valence-electron chi connectivity index (χ0n) is 19.5. The molecule has 0 radical (unpaired) electrons. The lowest BCUT2D eigenvalue weighted by molar-refractivity contribution is 0.126. The van der Waals surface area contributed by atoms with Crippen molar-refractivity contribution in [1.29, 1.82) is 0 Å². The Bertz CT molecular complexity index is 1350. The lowest BCUT2D eigenvalue weighted by Crippen LogP contribution is -2.60. The molecule has 1 atom stereocenters. The third-order valence-electron chi connectivity index (χ3n) is 6.69. The predicted molar refractivity (Wildman–Crippen MR) is 135 cm³/mol. The van der Waals surface area contributed by atoms with Crippen LogP contribution < -0.4 is 4.72 Å². The molecule has 3 nitrogen and oxygen atoms in total. The molecule has 0 aromatic heterocycles. The zero-order valence-corrected chi connectivity index (χ0v) is 20.3. The summed E-state index contributed by atoms with van der Waals surface area (Å²) in [6, 6.07) is 24.8. The van der Waals surface area contributed by atoms with Crippen LogP contribution in [0.25, 0.3) is 21.5 Å². The number of halogens is 1. The third kappa shape index (κ3) is 4.40. The second-order valence-corrected chi connectivity index (χ2v) is 11.5. The topological polar surface area (TPSA) is 46.2 Å². The fourth-order valence-corrected chi connectivity index (χ4v) is 5.92. The smallest absolute Gasteiger partial charge is 0.241 e. The van der Waals surface area contributed by atoms with Gasteiger partial charge in [-0.1, -0.05) is 87.0 Å². The van der Waals surface area contributed by atoms with E-state index in [0.717, 1.165) is 32.7 Å². The number of hydrogen-bond donors (Lipinski definition) is 1. The summed E-state index contributed by atoms with van der Waals surface area (Å²) in [5.41, 5.74) is -0.132. The van der Waals surface area contributed by atoms with Crippen molar-refractivity contribution in [1.82, 2.24) is 4.72 Å². The van der Waals surface area contributed by atoms with Crippen LogP contribution in [0.3, 0.4) is 0 Å². The SMILES string of the molecule is Cc1ccc(S(=O)(=O)NC(CF)(Cc2c3ccccc3cc3ccccc23)C(C)(C)C)cc1. The number of benzene rings is 4. The fraction of sp³-hybridized carbons (Fsp3) is 0.286. The molecule has 1 N–H and O–H groups in total. The molecule has 4 rings (SSSR count). The highest BCUT2D eigenvalue weighted by molar-refractivity contribution is 7.89. The van der Waals surface area contributed by atoms with E-state index in [-0.39, 0.29) is 11.3 Å². The van der Waals surface area contributed by atoms with Gasteiger partial charge >= 0.3 is 0 Å². The van der Waals surface area contributed by atoms with Crippen LogP contribution in [-0.4, -0.2) is 20.6 Å². The van der Waals surface area contributed by atoms with Gasteiger partial charge in [0.25, 0.3) is 0 Å². The molecule has 0 heterocycles. The quantitative estimate of drug-likeness (QED) is 0.328. The monoisotopic (exact) mass is 463 g/mol. The maximum absolute atomic E-state index is 15.1. The predicted octanol–water partition coefficient (Wildman–Crippen LogP) is 6.58. The van der Waals surface area contributed by atoms with Gasteiger partial charge in [0.15, 0.2) is 0 Å². The highest BCUT2D eigenvalue weighted by atomic mass is 32.2. The molecule has 0 aliphatic rings. The number of sulfonamides is 1. The zero-order chi connectivity index (χ0) is 23.9. The average molecular weight is 464 g/mol. The lowest BCUT2D eigenvalue weighted by atomic mass is 9.70. The van der Waals surface area contributed by atoms with Crippen LogP contribution in [0.1, 0.15) is 31.9 Å². The van der Waals surface area contributed by atoms with E-state index < -0.39 is 27.7 Å². The van der Waals surface area contributed by atoms with Crippen LogP contribution in [-0.2, 0) is 16.4 Å². The van der Waals surface area contributed by atoms with Gasteiger partial charge in [-0.15, -0.1) is 0 Å². The van der Waals surface area contributed by atoms with E-state index in [0.29, 0.717) is 0 Å². The molecule has 0 bridgehead atoms. The Morgan fingerprint density at radius 3 is 1.82 bits per heavy atom. The Kier molecular flexibility index (Phi) is 6.06. The van der Waals surface area contributed by atoms with Gasteiger partial charge in [-0.25, -0.2) is 17.5 Å². The van der Waals surface area contributed by atoms with E-state index in [1.54, 1.807) is 24.3 Å². The van der Waals surface area contributed by atoms with Gasteiger partial charge < -0.3 is 0 Å². The van der Waals surface area contributed by atoms with Crippen molar-refractivity contribution in [3.8, 4) is 0 Å². The van der Waals surface area contributed by atoms with Crippen LogP contribution in [0.15, 0.2) is 83.8 Å². The second kappa shape index (κ2) is 8.54. The molecule has 0 amide bonds. The first-order valence-electron chi connectivity index (χ1n) is 11.1. The minimum Gasteiger partial charge on any atom is -0.249 e. The molecular formula is C28H30FNO2S. The van der Waals surface area contributed by atoms with Gasteiger partial charge in [0, 0.05) is 0 Å². The highest BCUT2D eigenvalue weighted by Crippen LogP contribution is 2.39. The number of nitrogens with one attached hydrogen (secondary N) is 1. The molecule has 4 aromatic carbocycles. The Morgan fingerprint density at radius 1 is 0.818 bits per heavy atom. The molecule has 4 aromatic rings. The second-order valence-electron chi connectivity index (χ2n) is 9.86. The highest BCUT2D eigenvalue weighted by Gasteiger charge is 2.46. The van der Waals surface area contributed by atoms with Gasteiger partial charge in [-0.2, -0.15) is 0 Å². The van der Waals surface area contributed by atoms with Crippen molar-refractivity contribution in [3.05, 3.63) is 90.0 Å². The summed E-state index contributed by atoms with van der Waals surface area (Å²) in [5.74, 6) is 0. The Labute approximate surface area is 195 Å². The average Bonchev–Trinajstić information content (AvgIpc) is 2.77. The molecular weight excluding hydrogens is 433 g/mol. The summed E-state index contributed by atoms with van der Waals surface area (Å²) in [4.78, 5) is 0.137. The van der Waals surface area contributed by atoms with Gasteiger partial charge in [-0.05, 0) is 64.1 Å². The normalized spacial score (nSPS) is 14.5. The maximum Gasteiger partial charge on any atom is 0.241 e. The minimum atomic E-state index is -3.95. The Morgan fingerprint density at radius 2 is 1.33 bits per heavy atom. The van der Waals surface area contributed by atoms with Crippen molar-refractivity contribution >= 4 is 31.6 Å². The van der Waals surface area contributed by atoms with Gasteiger partial charge in [-0.3, -0.25) is 0 Å². The molecule has 0 saturated heterocycles. The molecule has 172 valence electrons. The molecule has 33 heavy (non-hydrogen) atoms. The van der Waals surface area contributed by atoms with Crippen molar-refractivity contribution in [2.75, 3.05) is 6.67 Å². The van der Waals surface area contributed by atoms with Crippen molar-refractivity contribution in [3.63, 3.8) is 0 Å². The number of hydrogen-bond acceptors (Lipinski definition) is 2. The number of alkyl halides is 1. The lowest BCUT2D eigenvalue weighted by Gasteiger charge is -2.43. The molecule has 5 heteroatoms. The molecule has 0 saturated carbocycles. The van der Waals surface area contributed by atoms with Gasteiger partial charge in [0.05, 0.1) is 10.4 Å². The van der Waals surface area contributed by atoms with Crippen LogP contribution in [0.2, 0.25) is 0 Å². The van der Waals surface area contributed by atoms with E-state index in [1.165, 1.54) is 0 Å². The number of aryl methyl sites for hydroxylation is 1. The maximum atomic E-state index is 15.1. The summed E-state index contributed by atoms with van der Waals surface area (Å²) in [5, 5.41) is 4.11. The first-order chi connectivity index (χ1) is 15.6. The summed E-state index contributed by atoms with van der Waals surface area (Å²) in [6.45, 7) is 6.72. The van der Waals surface area contributed by atoms with E-state index >= 15 is 4.39 Å². The van der Waals surface area contributed by atoms with E-state index in [4.69, 9.17) is 0 Å². The molecule has 1 unspecified atom stereocenters. The van der Waals surface area contributed by atoms with Crippen LogP contribution in [0.4, 0.5) is 4.39 Å². The van der Waals surface area contributed by atoms with Crippen LogP contribution in [0, 0.1) is 12.3 Å². The van der Waals surface area contributed by atoms with Crippen LogP contribution in [0.5, 0.6) is 0 Å². The molecule has 0 fully saturated rings. The molecule has 0 aliphatic heterocycles. The third-order valence-corrected chi connectivity index (χ3v) is 8.24. The molecule has 0 aliphatic carbocycles. The minimum absolute atomic E-state index is 0.137. The number of rotatable bonds is 6. The standard InChI is InChI=1S/C28H30FNO2S/c1-20-13-15-23(16-14-20)33(31,32)30-28(19-29,27(2,3)4)18-26-24-11-7-5-9-21(24)17-22-10-6-8-12-25(22)26/h5-17,30H,18-19H2,1-4H3. The van der Waals surface area contributed by atoms with Crippen molar-refractivity contribution in [2.45, 2.75) is 44.6 Å².